The number of hydrogen-bond acceptors (Lipinski definition) is 7. The van der Waals surface area contributed by atoms with E-state index in [2.05, 4.69) is 14.6 Å². The molecule has 0 aliphatic rings. The molecule has 0 fully saturated rings. The zero-order valence-corrected chi connectivity index (χ0v) is 19.9. The molecule has 0 aliphatic heterocycles. The summed E-state index contributed by atoms with van der Waals surface area (Å²) >= 11 is 0. The summed E-state index contributed by atoms with van der Waals surface area (Å²) in [6.07, 6.45) is -5.23. The summed E-state index contributed by atoms with van der Waals surface area (Å²) in [4.78, 5) is 19.5. The predicted octanol–water partition coefficient (Wildman–Crippen LogP) is 3.22. The van der Waals surface area contributed by atoms with Gasteiger partial charge in [0, 0.05) is 17.3 Å². The molecular weight excluding hydrogens is 514 g/mol. The van der Waals surface area contributed by atoms with Crippen LogP contribution in [0.3, 0.4) is 0 Å². The molecule has 4 N–H and O–H groups in total. The first kappa shape index (κ1) is 27.0. The molecule has 2 aromatic heterocycles. The average molecular weight is 534 g/mol. The summed E-state index contributed by atoms with van der Waals surface area (Å²) in [5.74, 6) is -2.50. The molecule has 2 aromatic carbocycles. The maximum absolute atomic E-state index is 13.4. The molecule has 0 radical (unpaired) electrons. The summed E-state index contributed by atoms with van der Waals surface area (Å²) in [5, 5.41) is 20.1. The zero-order chi connectivity index (χ0) is 28.0. The van der Waals surface area contributed by atoms with Crippen molar-refractivity contribution in [2.24, 2.45) is 0 Å². The van der Waals surface area contributed by atoms with Gasteiger partial charge in [0.2, 0.25) is 0 Å². The molecule has 4 aromatic rings. The Balaban J connectivity index is 1.72. The van der Waals surface area contributed by atoms with Crippen molar-refractivity contribution in [3.8, 4) is 22.5 Å². The maximum atomic E-state index is 13.4. The highest BCUT2D eigenvalue weighted by molar-refractivity contribution is 6.61. The Hall–Kier alpha value is -4.04. The summed E-state index contributed by atoms with van der Waals surface area (Å²) in [5.41, 5.74) is 6.36. The number of carbonyl (C=O) groups is 1. The van der Waals surface area contributed by atoms with Crippen molar-refractivity contribution in [3.63, 3.8) is 0 Å². The Morgan fingerprint density at radius 3 is 2.42 bits per heavy atom. The molecule has 8 nitrogen and oxygen atoms in total. The molecule has 0 aliphatic carbocycles. The molecule has 38 heavy (non-hydrogen) atoms. The monoisotopic (exact) mass is 534 g/mol. The number of rotatable bonds is 6. The number of anilines is 1. The van der Waals surface area contributed by atoms with Crippen molar-refractivity contribution >= 4 is 30.0 Å². The van der Waals surface area contributed by atoms with Crippen LogP contribution in [0.5, 0.6) is 0 Å². The van der Waals surface area contributed by atoms with E-state index in [0.29, 0.717) is 28.1 Å². The van der Waals surface area contributed by atoms with Crippen LogP contribution in [0.1, 0.15) is 18.1 Å². The van der Waals surface area contributed by atoms with Crippen LogP contribution in [0.4, 0.5) is 27.8 Å². The third-order valence-corrected chi connectivity index (χ3v) is 5.98. The van der Waals surface area contributed by atoms with Gasteiger partial charge in [-0.3, -0.25) is 4.40 Å². The minimum atomic E-state index is -5.26. The number of fused-ring (bicyclic) bond motifs is 1. The van der Waals surface area contributed by atoms with Crippen LogP contribution < -0.4 is 11.2 Å². The smallest absolute Gasteiger partial charge is 0.499 e. The number of carbonyl (C=O) groups excluding carboxylic acids is 1. The highest BCUT2D eigenvalue weighted by Gasteiger charge is 2.43. The van der Waals surface area contributed by atoms with Gasteiger partial charge in [-0.25, -0.2) is 23.5 Å². The topological polar surface area (TPSA) is 123 Å². The van der Waals surface area contributed by atoms with Gasteiger partial charge in [0.15, 0.2) is 11.5 Å². The third kappa shape index (κ3) is 5.04. The number of aromatic nitrogens is 3. The van der Waals surface area contributed by atoms with Gasteiger partial charge in [0.05, 0.1) is 17.6 Å². The lowest BCUT2D eigenvalue weighted by Crippen LogP contribution is -2.40. The predicted molar refractivity (Wildman–Crippen MR) is 128 cm³/mol. The highest BCUT2D eigenvalue weighted by atomic mass is 19.4. The van der Waals surface area contributed by atoms with E-state index < -0.39 is 31.3 Å². The Morgan fingerprint density at radius 2 is 1.82 bits per heavy atom. The van der Waals surface area contributed by atoms with Crippen LogP contribution in [0.15, 0.2) is 54.9 Å². The first-order valence-corrected chi connectivity index (χ1v) is 11.0. The second-order valence-electron chi connectivity index (χ2n) is 8.70. The Morgan fingerprint density at radius 1 is 1.16 bits per heavy atom. The van der Waals surface area contributed by atoms with Gasteiger partial charge in [0.1, 0.15) is 5.60 Å². The number of alkyl halides is 5. The summed E-state index contributed by atoms with van der Waals surface area (Å²) < 4.78 is 69.6. The molecule has 1 unspecified atom stereocenters. The number of aliphatic hydroxyl groups is 1. The SMILES string of the molecule is Cc1ccc(C(C)(O)C(F)F)cc1-c1cnc2c(N)nc(-c3ccc(B(O)OC(=O)C(F)(F)F)cc3)cn12. The van der Waals surface area contributed by atoms with Crippen LogP contribution >= 0.6 is 0 Å². The third-order valence-electron chi connectivity index (χ3n) is 5.98. The molecule has 0 saturated carbocycles. The summed E-state index contributed by atoms with van der Waals surface area (Å²) in [6, 6.07) is 9.81. The summed E-state index contributed by atoms with van der Waals surface area (Å²) in [6.45, 7) is 2.78. The number of imidazole rings is 1. The zero-order valence-electron chi connectivity index (χ0n) is 19.9. The van der Waals surface area contributed by atoms with Gasteiger partial charge in [-0.15, -0.1) is 0 Å². The molecule has 0 bridgehead atoms. The second-order valence-corrected chi connectivity index (χ2v) is 8.70. The molecular formula is C24H20BF5N4O4. The highest BCUT2D eigenvalue weighted by Crippen LogP contribution is 2.34. The minimum absolute atomic E-state index is 0.00525. The quantitative estimate of drug-likeness (QED) is 0.257. The van der Waals surface area contributed by atoms with Gasteiger partial charge in [-0.1, -0.05) is 36.4 Å². The van der Waals surface area contributed by atoms with E-state index in [1.807, 2.05) is 0 Å². The van der Waals surface area contributed by atoms with E-state index in [9.17, 15) is 36.9 Å². The number of benzene rings is 2. The van der Waals surface area contributed by atoms with Crippen LogP contribution in [0.25, 0.3) is 28.2 Å². The number of halogens is 5. The van der Waals surface area contributed by atoms with Crippen LogP contribution in [-0.2, 0) is 15.0 Å². The van der Waals surface area contributed by atoms with E-state index in [0.717, 1.165) is 6.92 Å². The van der Waals surface area contributed by atoms with E-state index in [-0.39, 0.29) is 22.5 Å². The molecule has 0 saturated heterocycles. The van der Waals surface area contributed by atoms with Crippen LogP contribution in [0, 0.1) is 6.92 Å². The maximum Gasteiger partial charge on any atom is 0.562 e. The number of nitrogen functional groups attached to an aromatic ring is 1. The van der Waals surface area contributed by atoms with Crippen molar-refractivity contribution in [3.05, 3.63) is 66.0 Å². The molecule has 4 rings (SSSR count). The average Bonchev–Trinajstić information content (AvgIpc) is 3.28. The fourth-order valence-corrected chi connectivity index (χ4v) is 3.74. The normalized spacial score (nSPS) is 13.5. The molecule has 2 heterocycles. The number of hydrogen-bond donors (Lipinski definition) is 3. The van der Waals surface area contributed by atoms with Crippen molar-refractivity contribution in [2.75, 3.05) is 5.73 Å². The largest absolute Gasteiger partial charge is 0.562 e. The fraction of sp³-hybridized carbons (Fsp3) is 0.208. The van der Waals surface area contributed by atoms with Crippen LogP contribution in [0.2, 0.25) is 0 Å². The Labute approximate surface area is 212 Å². The van der Waals surface area contributed by atoms with Crippen molar-refractivity contribution in [1.29, 1.82) is 0 Å². The van der Waals surface area contributed by atoms with E-state index >= 15 is 0 Å². The minimum Gasteiger partial charge on any atom is -0.499 e. The molecule has 0 amide bonds. The Kier molecular flexibility index (Phi) is 6.89. The van der Waals surface area contributed by atoms with E-state index in [1.165, 1.54) is 42.6 Å². The van der Waals surface area contributed by atoms with Gasteiger partial charge in [-0.05, 0) is 36.5 Å². The number of aryl methyl sites for hydroxylation is 1. The van der Waals surface area contributed by atoms with Gasteiger partial charge >= 0.3 is 19.3 Å². The van der Waals surface area contributed by atoms with Gasteiger partial charge in [-0.2, -0.15) is 13.2 Å². The van der Waals surface area contributed by atoms with E-state index in [1.54, 1.807) is 23.6 Å². The standard InChI is InChI=1S/C24H20BF5N4O4/c1-12-3-6-14(23(2,36)21(26)27)9-16(12)18-10-32-20-19(31)33-17(11-34(18)20)13-4-7-15(8-5-13)25(37)38-22(35)24(28,29)30/h3-11,21,36-37H,1-2H3,(H2,31,33). The molecule has 14 heteroatoms. The van der Waals surface area contributed by atoms with Crippen molar-refractivity contribution in [2.45, 2.75) is 32.1 Å². The van der Waals surface area contributed by atoms with Crippen LogP contribution in [-0.4, -0.2) is 50.2 Å². The Bertz CT molecular complexity index is 1510. The van der Waals surface area contributed by atoms with Gasteiger partial charge in [0.25, 0.3) is 6.43 Å². The fourth-order valence-electron chi connectivity index (χ4n) is 3.74. The van der Waals surface area contributed by atoms with Gasteiger partial charge < -0.3 is 20.5 Å². The van der Waals surface area contributed by atoms with E-state index in [4.69, 9.17) is 5.73 Å². The first-order chi connectivity index (χ1) is 17.7. The number of nitrogens with zero attached hydrogens (tertiary/aromatic N) is 3. The van der Waals surface area contributed by atoms with Crippen molar-refractivity contribution in [1.82, 2.24) is 14.4 Å². The van der Waals surface area contributed by atoms with Crippen molar-refractivity contribution < 1.29 is 41.5 Å². The number of nitrogens with two attached hydrogens (primary N) is 1. The molecule has 198 valence electrons. The lowest BCUT2D eigenvalue weighted by Gasteiger charge is -2.23. The molecule has 1 atom stereocenters. The molecule has 0 spiro atoms. The lowest BCUT2D eigenvalue weighted by atomic mass is 9.79. The first-order valence-electron chi connectivity index (χ1n) is 11.0. The lowest BCUT2D eigenvalue weighted by molar-refractivity contribution is -0.190. The second kappa shape index (κ2) is 9.69. The summed E-state index contributed by atoms with van der Waals surface area (Å²) in [7, 11) is -2.14.